The summed E-state index contributed by atoms with van der Waals surface area (Å²) in [7, 11) is -3.54. The lowest BCUT2D eigenvalue weighted by Gasteiger charge is -2.04. The van der Waals surface area contributed by atoms with Gasteiger partial charge in [-0.2, -0.15) is 4.99 Å². The molecule has 0 bridgehead atoms. The third-order valence-electron chi connectivity index (χ3n) is 4.21. The Labute approximate surface area is 159 Å². The Morgan fingerprint density at radius 2 is 1.93 bits per heavy atom. The van der Waals surface area contributed by atoms with Gasteiger partial charge in [-0.15, -0.1) is 0 Å². The minimum Gasteiger partial charge on any atom is -0.454 e. The Kier molecular flexibility index (Phi) is 4.27. The summed E-state index contributed by atoms with van der Waals surface area (Å²) in [5.74, 6) is 0.722. The number of fused-ring (bicyclic) bond motifs is 2. The number of thiazole rings is 1. The van der Waals surface area contributed by atoms with Crippen molar-refractivity contribution in [3.05, 3.63) is 46.8 Å². The summed E-state index contributed by atoms with van der Waals surface area (Å²) in [5.41, 5.74) is 0.948. The van der Waals surface area contributed by atoms with Crippen molar-refractivity contribution in [2.45, 2.75) is 18.4 Å². The van der Waals surface area contributed by atoms with Gasteiger partial charge in [-0.05, 0) is 19.1 Å². The Bertz CT molecular complexity index is 1240. The lowest BCUT2D eigenvalue weighted by molar-refractivity contribution is 0.0994. The van der Waals surface area contributed by atoms with Gasteiger partial charge in [0.25, 0.3) is 5.91 Å². The highest BCUT2D eigenvalue weighted by Crippen LogP contribution is 2.36. The molecule has 1 amide bonds. The van der Waals surface area contributed by atoms with Crippen LogP contribution in [0.25, 0.3) is 10.2 Å². The summed E-state index contributed by atoms with van der Waals surface area (Å²) in [6, 6.07) is 9.82. The molecule has 0 saturated heterocycles. The van der Waals surface area contributed by atoms with E-state index in [4.69, 9.17) is 9.47 Å². The zero-order valence-corrected chi connectivity index (χ0v) is 16.3. The van der Waals surface area contributed by atoms with Crippen molar-refractivity contribution < 1.29 is 22.7 Å². The largest absolute Gasteiger partial charge is 0.454 e. The number of benzene rings is 2. The van der Waals surface area contributed by atoms with E-state index < -0.39 is 15.7 Å². The standard InChI is InChI=1S/C18H16N2O5S2/c1-3-20-12-8-13-14(25-10-24-13)9-15(12)26-18(20)19-17(21)11-6-4-5-7-16(11)27(2,22)23/h4-9H,3,10H2,1-2H3. The highest BCUT2D eigenvalue weighted by atomic mass is 32.2. The molecule has 2 aromatic carbocycles. The molecule has 0 aliphatic carbocycles. The first-order chi connectivity index (χ1) is 12.9. The quantitative estimate of drug-likeness (QED) is 0.670. The topological polar surface area (TPSA) is 87.0 Å². The molecule has 3 aromatic rings. The Morgan fingerprint density at radius 3 is 2.63 bits per heavy atom. The van der Waals surface area contributed by atoms with Crippen molar-refractivity contribution in [3.8, 4) is 11.5 Å². The molecule has 0 saturated carbocycles. The van der Waals surface area contributed by atoms with Crippen LogP contribution in [0.5, 0.6) is 11.5 Å². The van der Waals surface area contributed by atoms with E-state index >= 15 is 0 Å². The van der Waals surface area contributed by atoms with Crippen molar-refractivity contribution in [3.63, 3.8) is 0 Å². The third-order valence-corrected chi connectivity index (χ3v) is 6.40. The lowest BCUT2D eigenvalue weighted by atomic mass is 10.2. The van der Waals surface area contributed by atoms with Crippen LogP contribution in [0.15, 0.2) is 46.3 Å². The highest BCUT2D eigenvalue weighted by molar-refractivity contribution is 7.90. The van der Waals surface area contributed by atoms with Gasteiger partial charge in [-0.3, -0.25) is 4.79 Å². The number of nitrogens with zero attached hydrogens (tertiary/aromatic N) is 2. The van der Waals surface area contributed by atoms with Crippen molar-refractivity contribution in [2.75, 3.05) is 13.0 Å². The van der Waals surface area contributed by atoms with Gasteiger partial charge in [0.15, 0.2) is 26.1 Å². The van der Waals surface area contributed by atoms with Gasteiger partial charge in [-0.1, -0.05) is 23.5 Å². The second kappa shape index (κ2) is 6.50. The molecule has 27 heavy (non-hydrogen) atoms. The molecule has 1 aromatic heterocycles. The van der Waals surface area contributed by atoms with Crippen molar-refractivity contribution in [2.24, 2.45) is 4.99 Å². The van der Waals surface area contributed by atoms with Gasteiger partial charge in [0.1, 0.15) is 0 Å². The number of ether oxygens (including phenoxy) is 2. The molecular formula is C18H16N2O5S2. The van der Waals surface area contributed by atoms with Crippen LogP contribution in [-0.2, 0) is 16.4 Å². The number of carbonyl (C=O) groups is 1. The maximum absolute atomic E-state index is 12.7. The summed E-state index contributed by atoms with van der Waals surface area (Å²) < 4.78 is 37.6. The van der Waals surface area contributed by atoms with Gasteiger partial charge >= 0.3 is 0 Å². The molecule has 2 heterocycles. The predicted octanol–water partition coefficient (Wildman–Crippen LogP) is 2.60. The number of sulfone groups is 1. The molecule has 0 unspecified atom stereocenters. The van der Waals surface area contributed by atoms with E-state index in [2.05, 4.69) is 4.99 Å². The van der Waals surface area contributed by atoms with E-state index in [0.29, 0.717) is 22.8 Å². The zero-order chi connectivity index (χ0) is 19.2. The summed E-state index contributed by atoms with van der Waals surface area (Å²) in [4.78, 5) is 17.4. The monoisotopic (exact) mass is 404 g/mol. The summed E-state index contributed by atoms with van der Waals surface area (Å²) in [5, 5.41) is 0. The van der Waals surface area contributed by atoms with E-state index in [0.717, 1.165) is 16.5 Å². The first kappa shape index (κ1) is 17.7. The summed E-state index contributed by atoms with van der Waals surface area (Å²) in [6.07, 6.45) is 1.08. The number of aryl methyl sites for hydroxylation is 1. The Balaban J connectivity index is 1.88. The molecule has 4 rings (SSSR count). The SMILES string of the molecule is CCn1c(=NC(=O)c2ccccc2S(C)(=O)=O)sc2cc3c(cc21)OCO3. The highest BCUT2D eigenvalue weighted by Gasteiger charge is 2.20. The van der Waals surface area contributed by atoms with Crippen LogP contribution in [0.2, 0.25) is 0 Å². The number of rotatable bonds is 3. The summed E-state index contributed by atoms with van der Waals surface area (Å²) >= 11 is 1.34. The van der Waals surface area contributed by atoms with Gasteiger partial charge in [0.05, 0.1) is 20.7 Å². The number of hydrogen-bond acceptors (Lipinski definition) is 6. The van der Waals surface area contributed by atoms with Crippen LogP contribution in [0.4, 0.5) is 0 Å². The number of hydrogen-bond donors (Lipinski definition) is 0. The fourth-order valence-corrected chi connectivity index (χ4v) is 4.95. The van der Waals surface area contributed by atoms with Crippen molar-refractivity contribution in [1.29, 1.82) is 0 Å². The first-order valence-electron chi connectivity index (χ1n) is 8.19. The molecule has 1 aliphatic heterocycles. The van der Waals surface area contributed by atoms with Crippen molar-refractivity contribution in [1.82, 2.24) is 4.57 Å². The molecule has 0 spiro atoms. The van der Waals surface area contributed by atoms with Crippen LogP contribution in [-0.4, -0.2) is 31.9 Å². The number of amides is 1. The molecule has 0 fully saturated rings. The molecular weight excluding hydrogens is 388 g/mol. The third kappa shape index (κ3) is 3.13. The van der Waals surface area contributed by atoms with Gasteiger partial charge in [-0.25, -0.2) is 8.42 Å². The van der Waals surface area contributed by atoms with E-state index in [-0.39, 0.29) is 17.3 Å². The second-order valence-corrected chi connectivity index (χ2v) is 8.98. The maximum atomic E-state index is 12.7. The molecule has 0 atom stereocenters. The lowest BCUT2D eigenvalue weighted by Crippen LogP contribution is -2.17. The van der Waals surface area contributed by atoms with Gasteiger partial charge < -0.3 is 14.0 Å². The van der Waals surface area contributed by atoms with E-state index in [1.165, 1.54) is 23.5 Å². The van der Waals surface area contributed by atoms with E-state index in [1.54, 1.807) is 12.1 Å². The van der Waals surface area contributed by atoms with Crippen LogP contribution < -0.4 is 14.3 Å². The smallest absolute Gasteiger partial charge is 0.280 e. The number of aromatic nitrogens is 1. The Morgan fingerprint density at radius 1 is 1.22 bits per heavy atom. The maximum Gasteiger partial charge on any atom is 0.280 e. The minimum absolute atomic E-state index is 0.0244. The fourth-order valence-electron chi connectivity index (χ4n) is 2.96. The molecule has 9 heteroatoms. The molecule has 140 valence electrons. The Hall–Kier alpha value is -2.65. The normalized spacial score (nSPS) is 14.1. The minimum atomic E-state index is -3.54. The molecule has 0 N–H and O–H groups in total. The average molecular weight is 404 g/mol. The molecule has 0 radical (unpaired) electrons. The van der Waals surface area contributed by atoms with Crippen molar-refractivity contribution >= 4 is 37.3 Å². The summed E-state index contributed by atoms with van der Waals surface area (Å²) in [6.45, 7) is 2.74. The van der Waals surface area contributed by atoms with Crippen LogP contribution >= 0.6 is 11.3 Å². The van der Waals surface area contributed by atoms with Crippen LogP contribution in [0, 0.1) is 0 Å². The van der Waals surface area contributed by atoms with Crippen LogP contribution in [0.1, 0.15) is 17.3 Å². The van der Waals surface area contributed by atoms with E-state index in [1.807, 2.05) is 23.6 Å². The molecule has 1 aliphatic rings. The zero-order valence-electron chi connectivity index (χ0n) is 14.6. The van der Waals surface area contributed by atoms with Gasteiger partial charge in [0, 0.05) is 24.9 Å². The average Bonchev–Trinajstić information content (AvgIpc) is 3.21. The second-order valence-electron chi connectivity index (χ2n) is 5.99. The predicted molar refractivity (Wildman–Crippen MR) is 101 cm³/mol. The number of carbonyl (C=O) groups excluding carboxylic acids is 1. The van der Waals surface area contributed by atoms with Gasteiger partial charge in [0.2, 0.25) is 6.79 Å². The molecule has 7 nitrogen and oxygen atoms in total. The van der Waals surface area contributed by atoms with Crippen LogP contribution in [0.3, 0.4) is 0 Å². The van der Waals surface area contributed by atoms with E-state index in [9.17, 15) is 13.2 Å². The fraction of sp³-hybridized carbons (Fsp3) is 0.222. The first-order valence-corrected chi connectivity index (χ1v) is 10.9.